The van der Waals surface area contributed by atoms with Gasteiger partial charge in [-0.1, -0.05) is 13.0 Å². The van der Waals surface area contributed by atoms with Crippen LogP contribution in [0.5, 0.6) is 5.75 Å². The van der Waals surface area contributed by atoms with E-state index in [1.165, 1.54) is 7.11 Å². The highest BCUT2D eigenvalue weighted by Gasteiger charge is 2.20. The Bertz CT molecular complexity index is 674. The molecule has 2 N–H and O–H groups in total. The lowest BCUT2D eigenvalue weighted by atomic mass is 10.2. The van der Waals surface area contributed by atoms with Crippen molar-refractivity contribution in [1.82, 2.24) is 4.57 Å². The number of aromatic nitrogens is 1. The molecule has 2 aromatic rings. The molecule has 5 nitrogen and oxygen atoms in total. The van der Waals surface area contributed by atoms with Gasteiger partial charge in [-0.15, -0.1) is 0 Å². The van der Waals surface area contributed by atoms with E-state index in [4.69, 9.17) is 9.88 Å². The van der Waals surface area contributed by atoms with Gasteiger partial charge >= 0.3 is 0 Å². The van der Waals surface area contributed by atoms with Gasteiger partial charge in [-0.05, 0) is 18.6 Å². The molecule has 0 saturated heterocycles. The average molecular weight is 268 g/mol. The molecule has 2 rings (SSSR count). The molecule has 1 aromatic carbocycles. The number of sulfonamides is 1. The van der Waals surface area contributed by atoms with E-state index < -0.39 is 10.0 Å². The highest BCUT2D eigenvalue weighted by Crippen LogP contribution is 2.32. The number of hydrogen-bond donors (Lipinski definition) is 1. The van der Waals surface area contributed by atoms with Gasteiger partial charge < -0.3 is 9.30 Å². The number of fused-ring (bicyclic) bond motifs is 1. The molecule has 0 bridgehead atoms. The lowest BCUT2D eigenvalue weighted by molar-refractivity contribution is 0.419. The van der Waals surface area contributed by atoms with Crippen molar-refractivity contribution < 1.29 is 13.2 Å². The first-order valence-electron chi connectivity index (χ1n) is 5.67. The van der Waals surface area contributed by atoms with Crippen LogP contribution in [0.25, 0.3) is 10.9 Å². The summed E-state index contributed by atoms with van der Waals surface area (Å²) in [7, 11) is -2.25. The van der Waals surface area contributed by atoms with Crippen molar-refractivity contribution in [3.8, 4) is 5.75 Å². The molecule has 1 aromatic heterocycles. The molecule has 0 saturated carbocycles. The number of aryl methyl sites for hydroxylation is 1. The highest BCUT2D eigenvalue weighted by atomic mass is 32.2. The third-order valence-corrected chi connectivity index (χ3v) is 3.75. The number of primary sulfonamides is 1. The number of nitrogens with zero attached hydrogens (tertiary/aromatic N) is 1. The summed E-state index contributed by atoms with van der Waals surface area (Å²) in [5, 5.41) is 5.81. The van der Waals surface area contributed by atoms with Crippen LogP contribution in [0.1, 0.15) is 13.3 Å². The molecule has 0 atom stereocenters. The Hall–Kier alpha value is -1.53. The standard InChI is InChI=1S/C12H16N2O3S/c1-3-7-14-8-11(18(13,15)16)12-9(14)5-4-6-10(12)17-2/h4-6,8H,3,7H2,1-2H3,(H2,13,15,16). The normalized spacial score (nSPS) is 11.9. The summed E-state index contributed by atoms with van der Waals surface area (Å²) in [5.41, 5.74) is 0.820. The van der Waals surface area contributed by atoms with Crippen molar-refractivity contribution in [2.24, 2.45) is 5.14 Å². The van der Waals surface area contributed by atoms with Crippen molar-refractivity contribution in [3.05, 3.63) is 24.4 Å². The van der Waals surface area contributed by atoms with Gasteiger partial charge in [0, 0.05) is 12.7 Å². The van der Waals surface area contributed by atoms with Crippen LogP contribution >= 0.6 is 0 Å². The highest BCUT2D eigenvalue weighted by molar-refractivity contribution is 7.89. The first-order chi connectivity index (χ1) is 8.49. The largest absolute Gasteiger partial charge is 0.496 e. The summed E-state index contributed by atoms with van der Waals surface area (Å²) in [5.74, 6) is 0.520. The molecule has 0 amide bonds. The summed E-state index contributed by atoms with van der Waals surface area (Å²) in [6, 6.07) is 5.43. The van der Waals surface area contributed by atoms with E-state index in [0.29, 0.717) is 11.1 Å². The zero-order valence-electron chi connectivity index (χ0n) is 10.4. The Labute approximate surface area is 106 Å². The summed E-state index contributed by atoms with van der Waals surface area (Å²) in [4.78, 5) is 0.114. The zero-order valence-corrected chi connectivity index (χ0v) is 11.2. The molecule has 0 aliphatic carbocycles. The molecule has 98 valence electrons. The maximum Gasteiger partial charge on any atom is 0.240 e. The summed E-state index contributed by atoms with van der Waals surface area (Å²) in [6.45, 7) is 2.77. The molecular weight excluding hydrogens is 252 g/mol. The fraction of sp³-hybridized carbons (Fsp3) is 0.333. The number of hydrogen-bond acceptors (Lipinski definition) is 3. The monoisotopic (exact) mass is 268 g/mol. The molecule has 0 unspecified atom stereocenters. The molecule has 0 fully saturated rings. The SMILES string of the molecule is CCCn1cc(S(N)(=O)=O)c2c(OC)cccc21. The van der Waals surface area contributed by atoms with Crippen LogP contribution in [-0.4, -0.2) is 20.1 Å². The van der Waals surface area contributed by atoms with Gasteiger partial charge in [-0.25, -0.2) is 13.6 Å². The quantitative estimate of drug-likeness (QED) is 0.917. The first kappa shape index (κ1) is 12.9. The van der Waals surface area contributed by atoms with Crippen LogP contribution in [0.4, 0.5) is 0 Å². The molecule has 0 radical (unpaired) electrons. The number of methoxy groups -OCH3 is 1. The van der Waals surface area contributed by atoms with Gasteiger partial charge in [0.2, 0.25) is 10.0 Å². The Morgan fingerprint density at radius 3 is 2.67 bits per heavy atom. The van der Waals surface area contributed by atoms with E-state index in [0.717, 1.165) is 18.5 Å². The van der Waals surface area contributed by atoms with Crippen molar-refractivity contribution >= 4 is 20.9 Å². The topological polar surface area (TPSA) is 74.3 Å². The average Bonchev–Trinajstić information content (AvgIpc) is 2.68. The Kier molecular flexibility index (Phi) is 3.32. The second-order valence-corrected chi connectivity index (χ2v) is 5.62. The smallest absolute Gasteiger partial charge is 0.240 e. The molecule has 0 aliphatic heterocycles. The van der Waals surface area contributed by atoms with E-state index in [9.17, 15) is 8.42 Å². The second kappa shape index (κ2) is 4.62. The minimum absolute atomic E-state index is 0.114. The van der Waals surface area contributed by atoms with E-state index in [-0.39, 0.29) is 4.90 Å². The molecule has 18 heavy (non-hydrogen) atoms. The van der Waals surface area contributed by atoms with Gasteiger partial charge in [-0.3, -0.25) is 0 Å². The van der Waals surface area contributed by atoms with Crippen LogP contribution in [0.3, 0.4) is 0 Å². The van der Waals surface area contributed by atoms with Gasteiger partial charge in [0.25, 0.3) is 0 Å². The van der Waals surface area contributed by atoms with E-state index in [1.807, 2.05) is 23.6 Å². The predicted octanol–water partition coefficient (Wildman–Crippen LogP) is 1.71. The van der Waals surface area contributed by atoms with Gasteiger partial charge in [-0.2, -0.15) is 0 Å². The van der Waals surface area contributed by atoms with E-state index in [2.05, 4.69) is 0 Å². The van der Waals surface area contributed by atoms with Crippen LogP contribution in [0.2, 0.25) is 0 Å². The summed E-state index contributed by atoms with van der Waals surface area (Å²) >= 11 is 0. The van der Waals surface area contributed by atoms with Crippen LogP contribution < -0.4 is 9.88 Å². The van der Waals surface area contributed by atoms with Crippen molar-refractivity contribution in [2.45, 2.75) is 24.8 Å². The van der Waals surface area contributed by atoms with E-state index in [1.54, 1.807) is 12.3 Å². The Morgan fingerprint density at radius 1 is 1.39 bits per heavy atom. The van der Waals surface area contributed by atoms with E-state index >= 15 is 0 Å². The van der Waals surface area contributed by atoms with Gasteiger partial charge in [0.05, 0.1) is 18.0 Å². The fourth-order valence-corrected chi connectivity index (χ4v) is 2.86. The Balaban J connectivity index is 2.85. The molecule has 6 heteroatoms. The van der Waals surface area contributed by atoms with Crippen LogP contribution in [-0.2, 0) is 16.6 Å². The Morgan fingerprint density at radius 2 is 2.11 bits per heavy atom. The van der Waals surface area contributed by atoms with Gasteiger partial charge in [0.1, 0.15) is 10.6 Å². The third kappa shape index (κ3) is 2.09. The third-order valence-electron chi connectivity index (χ3n) is 2.82. The van der Waals surface area contributed by atoms with Crippen molar-refractivity contribution in [2.75, 3.05) is 7.11 Å². The fourth-order valence-electron chi connectivity index (χ4n) is 2.09. The lowest BCUT2D eigenvalue weighted by Gasteiger charge is -2.05. The predicted molar refractivity (Wildman–Crippen MR) is 70.2 cm³/mol. The molecular formula is C12H16N2O3S. The minimum atomic E-state index is -3.76. The summed E-state index contributed by atoms with van der Waals surface area (Å²) in [6.07, 6.45) is 2.48. The molecule has 0 aliphatic rings. The zero-order chi connectivity index (χ0) is 13.3. The van der Waals surface area contributed by atoms with Crippen molar-refractivity contribution in [1.29, 1.82) is 0 Å². The number of nitrogens with two attached hydrogens (primary N) is 1. The summed E-state index contributed by atoms with van der Waals surface area (Å²) < 4.78 is 30.4. The molecule has 0 spiro atoms. The van der Waals surface area contributed by atoms with Gasteiger partial charge in [0.15, 0.2) is 0 Å². The maximum absolute atomic E-state index is 11.6. The van der Waals surface area contributed by atoms with Crippen LogP contribution in [0, 0.1) is 0 Å². The first-order valence-corrected chi connectivity index (χ1v) is 7.22. The van der Waals surface area contributed by atoms with Crippen molar-refractivity contribution in [3.63, 3.8) is 0 Å². The maximum atomic E-state index is 11.6. The minimum Gasteiger partial charge on any atom is -0.496 e. The van der Waals surface area contributed by atoms with Crippen LogP contribution in [0.15, 0.2) is 29.3 Å². The number of rotatable bonds is 4. The lowest BCUT2D eigenvalue weighted by Crippen LogP contribution is -2.11. The second-order valence-electron chi connectivity index (χ2n) is 4.09. The molecule has 1 heterocycles. The number of benzene rings is 1. The number of ether oxygens (including phenoxy) is 1.